The smallest absolute Gasteiger partial charge is 0.160 e. The Labute approximate surface area is 111 Å². The molecule has 0 fully saturated rings. The number of hydrogen-bond donors (Lipinski definition) is 1. The zero-order valence-electron chi connectivity index (χ0n) is 10.8. The number of halogens is 2. The Bertz CT molecular complexity index is 553. The van der Waals surface area contributed by atoms with Crippen molar-refractivity contribution in [2.24, 2.45) is 0 Å². The van der Waals surface area contributed by atoms with Crippen LogP contribution in [0.5, 0.6) is 5.75 Å². The lowest BCUT2D eigenvalue weighted by atomic mass is 10.2. The van der Waals surface area contributed by atoms with Crippen LogP contribution in [-0.4, -0.2) is 6.10 Å². The van der Waals surface area contributed by atoms with Gasteiger partial charge in [0.05, 0.1) is 6.10 Å². The monoisotopic (exact) mass is 263 g/mol. The largest absolute Gasteiger partial charge is 0.491 e. The maximum Gasteiger partial charge on any atom is 0.160 e. The first-order chi connectivity index (χ1) is 9.04. The summed E-state index contributed by atoms with van der Waals surface area (Å²) in [4.78, 5) is 0. The minimum atomic E-state index is -0.871. The van der Waals surface area contributed by atoms with Gasteiger partial charge >= 0.3 is 0 Å². The van der Waals surface area contributed by atoms with Crippen LogP contribution in [0.3, 0.4) is 0 Å². The van der Waals surface area contributed by atoms with Crippen LogP contribution in [0.1, 0.15) is 13.8 Å². The SMILES string of the molecule is CC(C)Oc1ccc(Nc2ccc(F)c(F)c2)cc1. The molecule has 0 aliphatic heterocycles. The fraction of sp³-hybridized carbons (Fsp3) is 0.200. The van der Waals surface area contributed by atoms with Gasteiger partial charge in [0.1, 0.15) is 5.75 Å². The molecule has 0 aromatic heterocycles. The third-order valence-electron chi connectivity index (χ3n) is 2.43. The van der Waals surface area contributed by atoms with Crippen LogP contribution in [-0.2, 0) is 0 Å². The summed E-state index contributed by atoms with van der Waals surface area (Å²) in [6.07, 6.45) is 0.116. The molecule has 0 atom stereocenters. The predicted octanol–water partition coefficient (Wildman–Crippen LogP) is 4.50. The molecule has 100 valence electrons. The van der Waals surface area contributed by atoms with Crippen LogP contribution in [0.2, 0.25) is 0 Å². The topological polar surface area (TPSA) is 21.3 Å². The van der Waals surface area contributed by atoms with Gasteiger partial charge in [-0.05, 0) is 50.2 Å². The van der Waals surface area contributed by atoms with Crippen LogP contribution in [0.15, 0.2) is 42.5 Å². The highest BCUT2D eigenvalue weighted by molar-refractivity contribution is 5.60. The first-order valence-corrected chi connectivity index (χ1v) is 6.03. The maximum absolute atomic E-state index is 13.1. The molecular formula is C15H15F2NO. The summed E-state index contributed by atoms with van der Waals surface area (Å²) in [6, 6.07) is 11.0. The van der Waals surface area contributed by atoms with E-state index < -0.39 is 11.6 Å². The Hall–Kier alpha value is -2.10. The van der Waals surface area contributed by atoms with Crippen LogP contribution < -0.4 is 10.1 Å². The minimum Gasteiger partial charge on any atom is -0.491 e. The molecule has 2 rings (SSSR count). The van der Waals surface area contributed by atoms with E-state index in [-0.39, 0.29) is 6.10 Å². The molecular weight excluding hydrogens is 248 g/mol. The van der Waals surface area contributed by atoms with E-state index in [0.717, 1.165) is 23.6 Å². The first kappa shape index (κ1) is 13.3. The Balaban J connectivity index is 2.08. The average Bonchev–Trinajstić information content (AvgIpc) is 2.36. The van der Waals surface area contributed by atoms with E-state index in [9.17, 15) is 8.78 Å². The van der Waals surface area contributed by atoms with Crippen molar-refractivity contribution < 1.29 is 13.5 Å². The molecule has 0 heterocycles. The number of rotatable bonds is 4. The second-order valence-electron chi connectivity index (χ2n) is 4.44. The molecule has 2 aromatic carbocycles. The van der Waals surface area contributed by atoms with Crippen molar-refractivity contribution in [2.45, 2.75) is 20.0 Å². The van der Waals surface area contributed by atoms with Gasteiger partial charge in [0.25, 0.3) is 0 Å². The quantitative estimate of drug-likeness (QED) is 0.877. The first-order valence-electron chi connectivity index (χ1n) is 6.03. The highest BCUT2D eigenvalue weighted by atomic mass is 19.2. The van der Waals surface area contributed by atoms with Crippen LogP contribution in [0, 0.1) is 11.6 Å². The van der Waals surface area contributed by atoms with Crippen molar-refractivity contribution in [1.29, 1.82) is 0 Å². The minimum absolute atomic E-state index is 0.116. The lowest BCUT2D eigenvalue weighted by Gasteiger charge is -2.11. The molecule has 0 spiro atoms. The number of nitrogens with one attached hydrogen (secondary N) is 1. The van der Waals surface area contributed by atoms with E-state index in [1.165, 1.54) is 6.07 Å². The molecule has 1 N–H and O–H groups in total. The van der Waals surface area contributed by atoms with Gasteiger partial charge in [0, 0.05) is 17.4 Å². The molecule has 0 saturated carbocycles. The van der Waals surface area contributed by atoms with Gasteiger partial charge in [-0.2, -0.15) is 0 Å². The average molecular weight is 263 g/mol. The fourth-order valence-corrected chi connectivity index (χ4v) is 1.63. The third-order valence-corrected chi connectivity index (χ3v) is 2.43. The van der Waals surface area contributed by atoms with Gasteiger partial charge in [-0.25, -0.2) is 8.78 Å². The molecule has 0 radical (unpaired) electrons. The van der Waals surface area contributed by atoms with E-state index >= 15 is 0 Å². The standard InChI is InChI=1S/C15H15F2NO/c1-10(2)19-13-6-3-11(4-7-13)18-12-5-8-14(16)15(17)9-12/h3-10,18H,1-2H3. The molecule has 0 aliphatic rings. The van der Waals surface area contributed by atoms with E-state index in [0.29, 0.717) is 5.69 Å². The summed E-state index contributed by atoms with van der Waals surface area (Å²) in [5.74, 6) is -0.957. The molecule has 0 bridgehead atoms. The van der Waals surface area contributed by atoms with Crippen molar-refractivity contribution in [1.82, 2.24) is 0 Å². The second kappa shape index (κ2) is 5.69. The lowest BCUT2D eigenvalue weighted by Crippen LogP contribution is -2.05. The van der Waals surface area contributed by atoms with Gasteiger partial charge in [-0.1, -0.05) is 0 Å². The van der Waals surface area contributed by atoms with Gasteiger partial charge in [-0.3, -0.25) is 0 Å². The molecule has 0 aliphatic carbocycles. The van der Waals surface area contributed by atoms with Crippen molar-refractivity contribution in [2.75, 3.05) is 5.32 Å². The number of benzene rings is 2. The van der Waals surface area contributed by atoms with Gasteiger partial charge < -0.3 is 10.1 Å². The Morgan fingerprint density at radius 1 is 0.895 bits per heavy atom. The van der Waals surface area contributed by atoms with E-state index in [1.807, 2.05) is 38.1 Å². The van der Waals surface area contributed by atoms with Crippen LogP contribution in [0.25, 0.3) is 0 Å². The van der Waals surface area contributed by atoms with Crippen molar-refractivity contribution >= 4 is 11.4 Å². The summed E-state index contributed by atoms with van der Waals surface area (Å²) >= 11 is 0. The number of hydrogen-bond acceptors (Lipinski definition) is 2. The Morgan fingerprint density at radius 3 is 2.11 bits per heavy atom. The fourth-order valence-electron chi connectivity index (χ4n) is 1.63. The van der Waals surface area contributed by atoms with Crippen molar-refractivity contribution in [3.63, 3.8) is 0 Å². The summed E-state index contributed by atoms with van der Waals surface area (Å²) in [6.45, 7) is 3.90. The number of ether oxygens (including phenoxy) is 1. The van der Waals surface area contributed by atoms with E-state index in [4.69, 9.17) is 4.74 Å². The van der Waals surface area contributed by atoms with Crippen LogP contribution in [0.4, 0.5) is 20.2 Å². The van der Waals surface area contributed by atoms with Crippen molar-refractivity contribution in [3.05, 3.63) is 54.1 Å². The molecule has 2 nitrogen and oxygen atoms in total. The van der Waals surface area contributed by atoms with Gasteiger partial charge in [0.2, 0.25) is 0 Å². The Morgan fingerprint density at radius 2 is 1.53 bits per heavy atom. The van der Waals surface area contributed by atoms with E-state index in [2.05, 4.69) is 5.32 Å². The summed E-state index contributed by atoms with van der Waals surface area (Å²) in [5.41, 5.74) is 1.28. The molecule has 2 aromatic rings. The zero-order valence-corrected chi connectivity index (χ0v) is 10.8. The van der Waals surface area contributed by atoms with Crippen molar-refractivity contribution in [3.8, 4) is 5.75 Å². The maximum atomic E-state index is 13.1. The highest BCUT2D eigenvalue weighted by Crippen LogP contribution is 2.21. The number of anilines is 2. The van der Waals surface area contributed by atoms with E-state index in [1.54, 1.807) is 0 Å². The Kier molecular flexibility index (Phi) is 4.00. The second-order valence-corrected chi connectivity index (χ2v) is 4.44. The zero-order chi connectivity index (χ0) is 13.8. The third kappa shape index (κ3) is 3.68. The predicted molar refractivity (Wildman–Crippen MR) is 71.8 cm³/mol. The molecule has 0 saturated heterocycles. The summed E-state index contributed by atoms with van der Waals surface area (Å²) < 4.78 is 31.4. The molecule has 0 unspecified atom stereocenters. The van der Waals surface area contributed by atoms with Gasteiger partial charge in [-0.15, -0.1) is 0 Å². The lowest BCUT2D eigenvalue weighted by molar-refractivity contribution is 0.242. The van der Waals surface area contributed by atoms with Gasteiger partial charge in [0.15, 0.2) is 11.6 Å². The highest BCUT2D eigenvalue weighted by Gasteiger charge is 2.03. The van der Waals surface area contributed by atoms with Crippen LogP contribution >= 0.6 is 0 Å². The summed E-state index contributed by atoms with van der Waals surface area (Å²) in [5, 5.41) is 2.99. The molecule has 4 heteroatoms. The molecule has 0 amide bonds. The normalized spacial score (nSPS) is 10.6. The molecule has 19 heavy (non-hydrogen) atoms. The summed E-state index contributed by atoms with van der Waals surface area (Å²) in [7, 11) is 0.